The van der Waals surface area contributed by atoms with Crippen molar-refractivity contribution in [3.8, 4) is 0 Å². The van der Waals surface area contributed by atoms with Crippen LogP contribution in [0.15, 0.2) is 42.5 Å². The average molecular weight is 385 g/mol. The number of carbonyl (C=O) groups is 2. The van der Waals surface area contributed by atoms with Crippen LogP contribution in [0.25, 0.3) is 6.08 Å². The molecule has 0 unspecified atom stereocenters. The Morgan fingerprint density at radius 3 is 2.41 bits per heavy atom. The molecular weight excluding hydrogens is 373 g/mol. The summed E-state index contributed by atoms with van der Waals surface area (Å²) in [4.78, 5) is 23.3. The van der Waals surface area contributed by atoms with E-state index in [9.17, 15) is 31.5 Å². The second-order valence-corrected chi connectivity index (χ2v) is 5.25. The number of halogens is 5. The lowest BCUT2D eigenvalue weighted by Gasteiger charge is -2.08. The topological polar surface area (TPSA) is 55.4 Å². The summed E-state index contributed by atoms with van der Waals surface area (Å²) in [6, 6.07) is 5.37. The van der Waals surface area contributed by atoms with Crippen molar-refractivity contribution < 1.29 is 36.3 Å². The van der Waals surface area contributed by atoms with Gasteiger partial charge in [-0.15, -0.1) is 0 Å². The van der Waals surface area contributed by atoms with Crippen LogP contribution >= 0.6 is 0 Å². The number of methoxy groups -OCH3 is 1. The second kappa shape index (κ2) is 7.98. The first kappa shape index (κ1) is 20.1. The van der Waals surface area contributed by atoms with E-state index in [0.717, 1.165) is 37.5 Å². The van der Waals surface area contributed by atoms with Gasteiger partial charge in [0.25, 0.3) is 0 Å². The highest BCUT2D eigenvalue weighted by Crippen LogP contribution is 2.29. The number of amides is 1. The number of anilines is 1. The molecule has 0 heterocycles. The fourth-order valence-electron chi connectivity index (χ4n) is 2.08. The Morgan fingerprint density at radius 1 is 1.07 bits per heavy atom. The van der Waals surface area contributed by atoms with E-state index < -0.39 is 46.5 Å². The molecule has 0 aliphatic rings. The molecular formula is C18H12F5NO3. The van der Waals surface area contributed by atoms with Crippen molar-refractivity contribution in [3.05, 3.63) is 70.8 Å². The summed E-state index contributed by atoms with van der Waals surface area (Å²) in [5, 5.41) is 2.07. The van der Waals surface area contributed by atoms with Gasteiger partial charge in [0, 0.05) is 12.1 Å². The maximum absolute atomic E-state index is 13.7. The van der Waals surface area contributed by atoms with Crippen LogP contribution < -0.4 is 5.32 Å². The predicted octanol–water partition coefficient (Wildman–Crippen LogP) is 4.42. The smallest absolute Gasteiger partial charge is 0.416 e. The summed E-state index contributed by atoms with van der Waals surface area (Å²) < 4.78 is 69.6. The van der Waals surface area contributed by atoms with E-state index in [2.05, 4.69) is 10.1 Å². The molecule has 0 aliphatic carbocycles. The highest BCUT2D eigenvalue weighted by molar-refractivity contribution is 6.02. The molecule has 0 fully saturated rings. The lowest BCUT2D eigenvalue weighted by molar-refractivity contribution is -0.137. The Balaban J connectivity index is 2.19. The maximum atomic E-state index is 13.7. The van der Waals surface area contributed by atoms with Crippen molar-refractivity contribution in [1.82, 2.24) is 0 Å². The number of benzene rings is 2. The highest BCUT2D eigenvalue weighted by atomic mass is 19.4. The molecule has 2 aromatic rings. The van der Waals surface area contributed by atoms with Gasteiger partial charge in [0.05, 0.1) is 23.9 Å². The van der Waals surface area contributed by atoms with Gasteiger partial charge < -0.3 is 10.1 Å². The van der Waals surface area contributed by atoms with Crippen molar-refractivity contribution >= 4 is 23.6 Å². The lowest BCUT2D eigenvalue weighted by atomic mass is 10.1. The minimum absolute atomic E-state index is 0.0924. The Labute approximate surface area is 150 Å². The van der Waals surface area contributed by atoms with E-state index in [1.165, 1.54) is 12.1 Å². The van der Waals surface area contributed by atoms with E-state index in [0.29, 0.717) is 6.07 Å². The number of alkyl halides is 3. The van der Waals surface area contributed by atoms with Gasteiger partial charge in [-0.25, -0.2) is 13.6 Å². The van der Waals surface area contributed by atoms with Gasteiger partial charge in [0.15, 0.2) is 0 Å². The van der Waals surface area contributed by atoms with E-state index in [1.54, 1.807) is 0 Å². The van der Waals surface area contributed by atoms with Crippen LogP contribution in [0.5, 0.6) is 0 Å². The quantitative estimate of drug-likeness (QED) is 0.482. The predicted molar refractivity (Wildman–Crippen MR) is 86.8 cm³/mol. The molecule has 0 bridgehead atoms. The van der Waals surface area contributed by atoms with E-state index in [-0.39, 0.29) is 5.56 Å². The van der Waals surface area contributed by atoms with Gasteiger partial charge in [-0.3, -0.25) is 4.79 Å². The molecule has 27 heavy (non-hydrogen) atoms. The molecule has 142 valence electrons. The van der Waals surface area contributed by atoms with Crippen molar-refractivity contribution in [2.75, 3.05) is 12.4 Å². The van der Waals surface area contributed by atoms with Gasteiger partial charge >= 0.3 is 12.1 Å². The molecule has 0 spiro atoms. The minimum atomic E-state index is -4.53. The molecule has 2 rings (SSSR count). The first-order valence-corrected chi connectivity index (χ1v) is 7.35. The normalized spacial score (nSPS) is 11.5. The molecule has 1 amide bonds. The fourth-order valence-corrected chi connectivity index (χ4v) is 2.08. The summed E-state index contributed by atoms with van der Waals surface area (Å²) in [6.45, 7) is 0. The number of hydrogen-bond donors (Lipinski definition) is 1. The standard InChI is InChI=1S/C18H12F5NO3/c1-27-17(26)12-8-15(14(20)9-13(12)19)24-16(25)6-5-10-3-2-4-11(7-10)18(21,22)23/h2-9H,1H3,(H,24,25)/b6-5+. The molecule has 0 atom stereocenters. The molecule has 4 nitrogen and oxygen atoms in total. The minimum Gasteiger partial charge on any atom is -0.465 e. The van der Waals surface area contributed by atoms with E-state index in [1.807, 2.05) is 0 Å². The van der Waals surface area contributed by atoms with Gasteiger partial charge in [-0.1, -0.05) is 12.1 Å². The van der Waals surface area contributed by atoms with Crippen LogP contribution in [-0.2, 0) is 15.7 Å². The summed E-state index contributed by atoms with van der Waals surface area (Å²) in [6.07, 6.45) is -2.57. The van der Waals surface area contributed by atoms with Crippen molar-refractivity contribution in [2.24, 2.45) is 0 Å². The molecule has 0 aromatic heterocycles. The van der Waals surface area contributed by atoms with Crippen LogP contribution in [0.1, 0.15) is 21.5 Å². The summed E-state index contributed by atoms with van der Waals surface area (Å²) in [5.41, 5.74) is -1.88. The zero-order valence-corrected chi connectivity index (χ0v) is 13.7. The monoisotopic (exact) mass is 385 g/mol. The third-order valence-electron chi connectivity index (χ3n) is 3.36. The highest BCUT2D eigenvalue weighted by Gasteiger charge is 2.30. The Morgan fingerprint density at radius 2 is 1.78 bits per heavy atom. The molecule has 0 saturated carbocycles. The number of hydrogen-bond acceptors (Lipinski definition) is 3. The van der Waals surface area contributed by atoms with Crippen LogP contribution in [0, 0.1) is 11.6 Å². The molecule has 1 N–H and O–H groups in total. The molecule has 2 aromatic carbocycles. The number of rotatable bonds is 4. The summed E-state index contributed by atoms with van der Waals surface area (Å²) in [7, 11) is 1.00. The third-order valence-corrected chi connectivity index (χ3v) is 3.36. The number of ether oxygens (including phenoxy) is 1. The van der Waals surface area contributed by atoms with Crippen LogP contribution in [0.2, 0.25) is 0 Å². The van der Waals surface area contributed by atoms with Gasteiger partial charge in [0.1, 0.15) is 11.6 Å². The molecule has 0 aliphatic heterocycles. The van der Waals surface area contributed by atoms with Crippen molar-refractivity contribution in [3.63, 3.8) is 0 Å². The van der Waals surface area contributed by atoms with Gasteiger partial charge in [-0.2, -0.15) is 13.2 Å². The van der Waals surface area contributed by atoms with E-state index >= 15 is 0 Å². The number of esters is 1. The molecule has 9 heteroatoms. The van der Waals surface area contributed by atoms with Crippen molar-refractivity contribution in [1.29, 1.82) is 0 Å². The van der Waals surface area contributed by atoms with Gasteiger partial charge in [-0.05, 0) is 29.8 Å². The Bertz CT molecular complexity index is 906. The van der Waals surface area contributed by atoms with E-state index in [4.69, 9.17) is 0 Å². The SMILES string of the molecule is COC(=O)c1cc(NC(=O)/C=C/c2cccc(C(F)(F)F)c2)c(F)cc1F. The summed E-state index contributed by atoms with van der Waals surface area (Å²) in [5.74, 6) is -4.27. The van der Waals surface area contributed by atoms with Gasteiger partial charge in [0.2, 0.25) is 5.91 Å². The maximum Gasteiger partial charge on any atom is 0.416 e. The first-order chi connectivity index (χ1) is 12.6. The second-order valence-electron chi connectivity index (χ2n) is 5.25. The number of carbonyl (C=O) groups excluding carboxylic acids is 2. The largest absolute Gasteiger partial charge is 0.465 e. The molecule has 0 radical (unpaired) electrons. The zero-order valence-electron chi connectivity index (χ0n) is 13.7. The van der Waals surface area contributed by atoms with Crippen LogP contribution in [0.4, 0.5) is 27.6 Å². The average Bonchev–Trinajstić information content (AvgIpc) is 2.61. The number of nitrogens with one attached hydrogen (secondary N) is 1. The van der Waals surface area contributed by atoms with Crippen molar-refractivity contribution in [2.45, 2.75) is 6.18 Å². The van der Waals surface area contributed by atoms with Crippen LogP contribution in [0.3, 0.4) is 0 Å². The Kier molecular flexibility index (Phi) is 5.94. The summed E-state index contributed by atoms with van der Waals surface area (Å²) >= 11 is 0. The van der Waals surface area contributed by atoms with Crippen LogP contribution in [-0.4, -0.2) is 19.0 Å². The first-order valence-electron chi connectivity index (χ1n) is 7.35. The third kappa shape index (κ3) is 5.13. The molecule has 0 saturated heterocycles. The zero-order chi connectivity index (χ0) is 20.2. The fraction of sp³-hybridized carbons (Fsp3) is 0.111. The Hall–Kier alpha value is -3.23. The lowest BCUT2D eigenvalue weighted by Crippen LogP contribution is -2.12.